The van der Waals surface area contributed by atoms with Crippen LogP contribution in [0.4, 0.5) is 0 Å². The molecule has 0 saturated heterocycles. The van der Waals surface area contributed by atoms with Crippen molar-refractivity contribution >= 4 is 24.3 Å². The van der Waals surface area contributed by atoms with Gasteiger partial charge < -0.3 is 10.1 Å². The molecule has 0 atom stereocenters. The highest BCUT2D eigenvalue weighted by Gasteiger charge is 2.06. The molecule has 1 N–H and O–H groups in total. The molecular formula is C16H17ClN2O3. The van der Waals surface area contributed by atoms with E-state index in [1.165, 1.54) is 6.20 Å². The maximum Gasteiger partial charge on any atom is 0.310 e. The molecule has 0 unspecified atom stereocenters. The molecule has 116 valence electrons. The number of pyridine rings is 1. The van der Waals surface area contributed by atoms with Crippen molar-refractivity contribution in [1.82, 2.24) is 10.3 Å². The molecule has 2 rings (SSSR count). The summed E-state index contributed by atoms with van der Waals surface area (Å²) < 4.78 is 5.06. The second kappa shape index (κ2) is 9.52. The van der Waals surface area contributed by atoms with Gasteiger partial charge in [0.25, 0.3) is 5.91 Å². The molecule has 0 fully saturated rings. The highest BCUT2D eigenvalue weighted by Crippen LogP contribution is 2.00. The predicted octanol–water partition coefficient (Wildman–Crippen LogP) is 2.02. The van der Waals surface area contributed by atoms with Gasteiger partial charge in [-0.05, 0) is 17.7 Å². The molecule has 0 saturated carbocycles. The zero-order valence-corrected chi connectivity index (χ0v) is 12.7. The maximum atomic E-state index is 11.7. The van der Waals surface area contributed by atoms with Gasteiger partial charge in [0, 0.05) is 12.4 Å². The maximum absolute atomic E-state index is 11.7. The third-order valence-electron chi connectivity index (χ3n) is 2.77. The lowest BCUT2D eigenvalue weighted by Crippen LogP contribution is -2.28. The van der Waals surface area contributed by atoms with Gasteiger partial charge in [0.05, 0.1) is 18.5 Å². The highest BCUT2D eigenvalue weighted by atomic mass is 35.5. The van der Waals surface area contributed by atoms with Crippen LogP contribution in [0, 0.1) is 0 Å². The summed E-state index contributed by atoms with van der Waals surface area (Å²) in [7, 11) is 0. The zero-order valence-electron chi connectivity index (χ0n) is 11.9. The Morgan fingerprint density at radius 2 is 1.86 bits per heavy atom. The summed E-state index contributed by atoms with van der Waals surface area (Å²) in [5.41, 5.74) is 1.38. The number of ether oxygens (including phenoxy) is 1. The quantitative estimate of drug-likeness (QED) is 0.653. The minimum absolute atomic E-state index is 0. The van der Waals surface area contributed by atoms with Gasteiger partial charge in [-0.25, -0.2) is 0 Å². The summed E-state index contributed by atoms with van der Waals surface area (Å²) in [6.07, 6.45) is 3.32. The topological polar surface area (TPSA) is 68.3 Å². The first-order chi connectivity index (χ1) is 10.3. The van der Waals surface area contributed by atoms with Gasteiger partial charge in [0.15, 0.2) is 0 Å². The van der Waals surface area contributed by atoms with E-state index < -0.39 is 0 Å². The number of nitrogens with one attached hydrogen (secondary N) is 1. The number of hydrogen-bond acceptors (Lipinski definition) is 4. The van der Waals surface area contributed by atoms with E-state index in [0.717, 1.165) is 5.56 Å². The van der Waals surface area contributed by atoms with E-state index in [4.69, 9.17) is 4.74 Å². The lowest BCUT2D eigenvalue weighted by molar-refractivity contribution is -0.142. The summed E-state index contributed by atoms with van der Waals surface area (Å²) in [4.78, 5) is 27.1. The Morgan fingerprint density at radius 1 is 1.09 bits per heavy atom. The minimum atomic E-state index is -0.308. The Kier molecular flexibility index (Phi) is 7.64. The third-order valence-corrected chi connectivity index (χ3v) is 2.77. The molecule has 5 nitrogen and oxygen atoms in total. The van der Waals surface area contributed by atoms with Crippen molar-refractivity contribution in [3.63, 3.8) is 0 Å². The van der Waals surface area contributed by atoms with Crippen LogP contribution in [0.2, 0.25) is 0 Å². The van der Waals surface area contributed by atoms with Gasteiger partial charge in [-0.2, -0.15) is 0 Å². The van der Waals surface area contributed by atoms with Crippen molar-refractivity contribution in [2.45, 2.75) is 6.42 Å². The Hall–Kier alpha value is -2.40. The average molecular weight is 321 g/mol. The number of halogens is 1. The lowest BCUT2D eigenvalue weighted by atomic mass is 10.2. The number of aromatic nitrogens is 1. The Balaban J connectivity index is 0.00000242. The van der Waals surface area contributed by atoms with Crippen LogP contribution in [-0.4, -0.2) is 30.0 Å². The molecule has 1 amide bonds. The number of nitrogens with zero attached hydrogens (tertiary/aromatic N) is 1. The molecule has 0 spiro atoms. The number of carbonyl (C=O) groups excluding carboxylic acids is 2. The molecule has 0 bridgehead atoms. The van der Waals surface area contributed by atoms with Crippen molar-refractivity contribution in [3.8, 4) is 0 Å². The number of rotatable bonds is 6. The van der Waals surface area contributed by atoms with Crippen LogP contribution in [0.5, 0.6) is 0 Å². The molecule has 2 aromatic rings. The van der Waals surface area contributed by atoms with E-state index in [0.29, 0.717) is 5.56 Å². The van der Waals surface area contributed by atoms with Gasteiger partial charge in [0.1, 0.15) is 6.61 Å². The van der Waals surface area contributed by atoms with E-state index in [1.807, 2.05) is 30.3 Å². The van der Waals surface area contributed by atoms with Gasteiger partial charge >= 0.3 is 5.97 Å². The van der Waals surface area contributed by atoms with Crippen LogP contribution < -0.4 is 5.32 Å². The van der Waals surface area contributed by atoms with Gasteiger partial charge in [-0.3, -0.25) is 14.6 Å². The van der Waals surface area contributed by atoms with Crippen LogP contribution in [0.1, 0.15) is 15.9 Å². The Bertz CT molecular complexity index is 591. The van der Waals surface area contributed by atoms with E-state index >= 15 is 0 Å². The summed E-state index contributed by atoms with van der Waals surface area (Å²) >= 11 is 0. The molecule has 0 radical (unpaired) electrons. The van der Waals surface area contributed by atoms with Gasteiger partial charge in [-0.15, -0.1) is 12.4 Å². The summed E-state index contributed by atoms with van der Waals surface area (Å²) in [6, 6.07) is 12.7. The van der Waals surface area contributed by atoms with Gasteiger partial charge in [0.2, 0.25) is 0 Å². The fourth-order valence-electron chi connectivity index (χ4n) is 1.74. The van der Waals surface area contributed by atoms with E-state index in [9.17, 15) is 9.59 Å². The SMILES string of the molecule is Cl.O=C(Cc1ccccc1)OCCNC(=O)c1cccnc1. The predicted molar refractivity (Wildman–Crippen MR) is 84.9 cm³/mol. The first-order valence-electron chi connectivity index (χ1n) is 6.63. The number of benzene rings is 1. The van der Waals surface area contributed by atoms with Crippen molar-refractivity contribution < 1.29 is 14.3 Å². The van der Waals surface area contributed by atoms with Gasteiger partial charge in [-0.1, -0.05) is 30.3 Å². The zero-order chi connectivity index (χ0) is 14.9. The molecule has 22 heavy (non-hydrogen) atoms. The average Bonchev–Trinajstić information content (AvgIpc) is 2.53. The fourth-order valence-corrected chi connectivity index (χ4v) is 1.74. The van der Waals surface area contributed by atoms with E-state index in [1.54, 1.807) is 18.3 Å². The van der Waals surface area contributed by atoms with Crippen molar-refractivity contribution in [1.29, 1.82) is 0 Å². The van der Waals surface area contributed by atoms with Crippen LogP contribution >= 0.6 is 12.4 Å². The molecular weight excluding hydrogens is 304 g/mol. The molecule has 1 heterocycles. The van der Waals surface area contributed by atoms with Crippen LogP contribution in [0.15, 0.2) is 54.9 Å². The highest BCUT2D eigenvalue weighted by molar-refractivity contribution is 5.93. The van der Waals surface area contributed by atoms with E-state index in [2.05, 4.69) is 10.3 Å². The lowest BCUT2D eigenvalue weighted by Gasteiger charge is -2.06. The summed E-state index contributed by atoms with van der Waals surface area (Å²) in [5.74, 6) is -0.543. The molecule has 6 heteroatoms. The number of esters is 1. The first-order valence-corrected chi connectivity index (χ1v) is 6.63. The van der Waals surface area contributed by atoms with Crippen molar-refractivity contribution in [3.05, 3.63) is 66.0 Å². The molecule has 0 aliphatic heterocycles. The normalized spacial score (nSPS) is 9.45. The summed E-state index contributed by atoms with van der Waals surface area (Å²) in [5, 5.41) is 2.66. The van der Waals surface area contributed by atoms with Crippen LogP contribution in [-0.2, 0) is 16.0 Å². The standard InChI is InChI=1S/C16H16N2O3.ClH/c19-15(11-13-5-2-1-3-6-13)21-10-9-18-16(20)14-7-4-8-17-12-14;/h1-8,12H,9-11H2,(H,18,20);1H. The number of hydrogen-bond donors (Lipinski definition) is 1. The first kappa shape index (κ1) is 17.7. The molecule has 0 aliphatic rings. The minimum Gasteiger partial charge on any atom is -0.464 e. The molecule has 1 aromatic heterocycles. The van der Waals surface area contributed by atoms with Crippen molar-refractivity contribution in [2.24, 2.45) is 0 Å². The molecule has 1 aromatic carbocycles. The van der Waals surface area contributed by atoms with Crippen LogP contribution in [0.3, 0.4) is 0 Å². The largest absolute Gasteiger partial charge is 0.464 e. The summed E-state index contributed by atoms with van der Waals surface area (Å²) in [6.45, 7) is 0.423. The third kappa shape index (κ3) is 5.93. The number of amides is 1. The second-order valence-corrected chi connectivity index (χ2v) is 4.38. The fraction of sp³-hybridized carbons (Fsp3) is 0.188. The smallest absolute Gasteiger partial charge is 0.310 e. The van der Waals surface area contributed by atoms with E-state index in [-0.39, 0.29) is 43.9 Å². The molecule has 0 aliphatic carbocycles. The Morgan fingerprint density at radius 3 is 2.55 bits per heavy atom. The Labute approximate surface area is 135 Å². The van der Waals surface area contributed by atoms with Crippen LogP contribution in [0.25, 0.3) is 0 Å². The monoisotopic (exact) mass is 320 g/mol. The second-order valence-electron chi connectivity index (χ2n) is 4.38. The number of carbonyl (C=O) groups is 2. The van der Waals surface area contributed by atoms with Crippen molar-refractivity contribution in [2.75, 3.05) is 13.2 Å².